The predicted molar refractivity (Wildman–Crippen MR) is 120 cm³/mol. The van der Waals surface area contributed by atoms with Gasteiger partial charge in [0.1, 0.15) is 11.3 Å². The minimum absolute atomic E-state index is 0.0214. The monoisotopic (exact) mass is 449 g/mol. The van der Waals surface area contributed by atoms with E-state index in [2.05, 4.69) is 15.5 Å². The largest absolute Gasteiger partial charge is 0.335 e. The third kappa shape index (κ3) is 3.98. The van der Waals surface area contributed by atoms with Crippen LogP contribution in [0.25, 0.3) is 16.8 Å². The third-order valence-corrected chi connectivity index (χ3v) is 6.61. The summed E-state index contributed by atoms with van der Waals surface area (Å²) < 4.78 is 4.08. The van der Waals surface area contributed by atoms with Gasteiger partial charge in [-0.1, -0.05) is 41.2 Å². The lowest BCUT2D eigenvalue weighted by molar-refractivity contribution is 0.0697. The molecule has 0 aliphatic carbocycles. The second-order valence-electron chi connectivity index (χ2n) is 6.82. The zero-order valence-electron chi connectivity index (χ0n) is 15.9. The van der Waals surface area contributed by atoms with Gasteiger partial charge in [0.25, 0.3) is 5.91 Å². The van der Waals surface area contributed by atoms with E-state index < -0.39 is 0 Å². The minimum Gasteiger partial charge on any atom is -0.335 e. The van der Waals surface area contributed by atoms with E-state index in [-0.39, 0.29) is 5.91 Å². The Morgan fingerprint density at radius 3 is 2.59 bits per heavy atom. The highest BCUT2D eigenvalue weighted by Crippen LogP contribution is 2.33. The van der Waals surface area contributed by atoms with Crippen molar-refractivity contribution < 1.29 is 4.79 Å². The summed E-state index contributed by atoms with van der Waals surface area (Å²) in [6, 6.07) is 7.26. The Labute approximate surface area is 183 Å². The number of hydrogen-bond donors (Lipinski definition) is 1. The molecule has 1 aliphatic rings. The van der Waals surface area contributed by atoms with E-state index in [0.717, 1.165) is 29.8 Å². The Morgan fingerprint density at radius 2 is 1.93 bits per heavy atom. The van der Waals surface area contributed by atoms with E-state index in [0.29, 0.717) is 41.0 Å². The number of piperazine rings is 1. The Balaban J connectivity index is 1.75. The quantitative estimate of drug-likeness (QED) is 0.613. The van der Waals surface area contributed by atoms with Crippen LogP contribution < -0.4 is 5.73 Å². The first-order valence-corrected chi connectivity index (χ1v) is 11.2. The van der Waals surface area contributed by atoms with Crippen LogP contribution in [0.2, 0.25) is 10.0 Å². The van der Waals surface area contributed by atoms with E-state index in [1.165, 1.54) is 0 Å². The molecule has 2 aromatic heterocycles. The van der Waals surface area contributed by atoms with Crippen LogP contribution in [0.3, 0.4) is 0 Å². The summed E-state index contributed by atoms with van der Waals surface area (Å²) in [7, 11) is 0. The zero-order chi connectivity index (χ0) is 20.5. The highest BCUT2D eigenvalue weighted by atomic mass is 35.5. The number of nitrogens with two attached hydrogens (primary N) is 1. The molecular weight excluding hydrogens is 429 g/mol. The summed E-state index contributed by atoms with van der Waals surface area (Å²) in [5.74, 6) is -0.0214. The van der Waals surface area contributed by atoms with Gasteiger partial charge in [0.2, 0.25) is 0 Å². The van der Waals surface area contributed by atoms with Crippen molar-refractivity contribution in [2.75, 3.05) is 32.4 Å². The molecule has 0 bridgehead atoms. The maximum atomic E-state index is 13.2. The lowest BCUT2D eigenvalue weighted by atomic mass is 10.0. The van der Waals surface area contributed by atoms with Crippen LogP contribution in [0.4, 0.5) is 0 Å². The number of carbonyl (C=O) groups excluding carboxylic acids is 1. The van der Waals surface area contributed by atoms with Gasteiger partial charge in [-0.3, -0.25) is 9.20 Å². The molecule has 9 heteroatoms. The molecule has 29 heavy (non-hydrogen) atoms. The highest BCUT2D eigenvalue weighted by Gasteiger charge is 2.24. The van der Waals surface area contributed by atoms with E-state index in [4.69, 9.17) is 28.9 Å². The number of imidazole rings is 1. The molecular formula is C20H21Cl2N5OS. The molecule has 6 nitrogen and oxygen atoms in total. The van der Waals surface area contributed by atoms with Crippen molar-refractivity contribution in [3.05, 3.63) is 58.0 Å². The second-order valence-corrected chi connectivity index (χ2v) is 8.54. The topological polar surface area (TPSA) is 66.9 Å². The highest BCUT2D eigenvalue weighted by molar-refractivity contribution is 7.96. The SMILES string of the molecule is CSN1CCN(C(=O)c2cnc3cc(CN)c(-c4ccc(Cl)cc4Cl)cn23)CC1. The van der Waals surface area contributed by atoms with Crippen LogP contribution >= 0.6 is 35.1 Å². The van der Waals surface area contributed by atoms with Crippen LogP contribution in [-0.4, -0.2) is 56.9 Å². The summed E-state index contributed by atoms with van der Waals surface area (Å²) in [6.45, 7) is 3.43. The van der Waals surface area contributed by atoms with E-state index in [1.54, 1.807) is 30.3 Å². The normalized spacial score (nSPS) is 15.2. The van der Waals surface area contributed by atoms with Gasteiger partial charge in [0.15, 0.2) is 0 Å². The van der Waals surface area contributed by atoms with Crippen LogP contribution in [-0.2, 0) is 6.54 Å². The summed E-state index contributed by atoms with van der Waals surface area (Å²) in [6.07, 6.45) is 5.58. The Bertz CT molecular complexity index is 1060. The fraction of sp³-hybridized carbons (Fsp3) is 0.300. The molecule has 3 heterocycles. The molecule has 0 spiro atoms. The maximum absolute atomic E-state index is 13.2. The van der Waals surface area contributed by atoms with Gasteiger partial charge in [-0.2, -0.15) is 0 Å². The molecule has 1 saturated heterocycles. The number of pyridine rings is 1. The summed E-state index contributed by atoms with van der Waals surface area (Å²) >= 11 is 14.2. The molecule has 1 aliphatic heterocycles. The number of amides is 1. The maximum Gasteiger partial charge on any atom is 0.272 e. The Hall–Kier alpha value is -1.77. The molecule has 1 amide bonds. The van der Waals surface area contributed by atoms with Gasteiger partial charge >= 0.3 is 0 Å². The number of fused-ring (bicyclic) bond motifs is 1. The number of aromatic nitrogens is 2. The molecule has 0 saturated carbocycles. The fourth-order valence-electron chi connectivity index (χ4n) is 3.58. The zero-order valence-corrected chi connectivity index (χ0v) is 18.3. The first kappa shape index (κ1) is 20.5. The molecule has 1 fully saturated rings. The number of benzene rings is 1. The summed E-state index contributed by atoms with van der Waals surface area (Å²) in [5.41, 5.74) is 9.78. The van der Waals surface area contributed by atoms with Gasteiger partial charge in [-0.05, 0) is 30.0 Å². The smallest absolute Gasteiger partial charge is 0.272 e. The predicted octanol–water partition coefficient (Wildman–Crippen LogP) is 3.80. The third-order valence-electron chi connectivity index (χ3n) is 5.18. The lowest BCUT2D eigenvalue weighted by Crippen LogP contribution is -2.46. The van der Waals surface area contributed by atoms with E-state index in [1.807, 2.05) is 27.6 Å². The molecule has 0 atom stereocenters. The van der Waals surface area contributed by atoms with Crippen molar-refractivity contribution >= 4 is 46.7 Å². The molecule has 4 rings (SSSR count). The van der Waals surface area contributed by atoms with Gasteiger partial charge in [0, 0.05) is 60.1 Å². The second kappa shape index (κ2) is 8.53. The minimum atomic E-state index is -0.0214. The van der Waals surface area contributed by atoms with Crippen molar-refractivity contribution in [1.82, 2.24) is 18.6 Å². The van der Waals surface area contributed by atoms with Crippen molar-refractivity contribution in [1.29, 1.82) is 0 Å². The number of halogens is 2. The van der Waals surface area contributed by atoms with Crippen LogP contribution in [0.15, 0.2) is 36.7 Å². The van der Waals surface area contributed by atoms with Crippen LogP contribution in [0.5, 0.6) is 0 Å². The summed E-state index contributed by atoms with van der Waals surface area (Å²) in [5, 5.41) is 1.10. The van der Waals surface area contributed by atoms with E-state index >= 15 is 0 Å². The number of hydrogen-bond acceptors (Lipinski definition) is 5. The Kier molecular flexibility index (Phi) is 6.03. The first-order chi connectivity index (χ1) is 14.0. The summed E-state index contributed by atoms with van der Waals surface area (Å²) in [4.78, 5) is 19.5. The average Bonchev–Trinajstić information content (AvgIpc) is 3.15. The van der Waals surface area contributed by atoms with Crippen molar-refractivity contribution in [2.24, 2.45) is 5.73 Å². The molecule has 1 aromatic carbocycles. The van der Waals surface area contributed by atoms with E-state index in [9.17, 15) is 4.79 Å². The molecule has 2 N–H and O–H groups in total. The Morgan fingerprint density at radius 1 is 1.17 bits per heavy atom. The molecule has 152 valence electrons. The van der Waals surface area contributed by atoms with Gasteiger partial charge in [0.05, 0.1) is 6.20 Å². The van der Waals surface area contributed by atoms with Gasteiger partial charge in [-0.15, -0.1) is 0 Å². The molecule has 0 radical (unpaired) electrons. The average molecular weight is 450 g/mol. The van der Waals surface area contributed by atoms with Crippen molar-refractivity contribution in [2.45, 2.75) is 6.54 Å². The fourth-order valence-corrected chi connectivity index (χ4v) is 4.62. The van der Waals surface area contributed by atoms with Crippen molar-refractivity contribution in [3.63, 3.8) is 0 Å². The standard InChI is InChI=1S/C20H21Cl2N5OS/c1-29-26-6-4-25(5-7-26)20(28)18-11-24-19-8-13(10-23)16(12-27(18)19)15-3-2-14(21)9-17(15)22/h2-3,8-9,11-12H,4-7,10,23H2,1H3. The van der Waals surface area contributed by atoms with Gasteiger partial charge < -0.3 is 10.6 Å². The number of nitrogens with zero attached hydrogens (tertiary/aromatic N) is 4. The van der Waals surface area contributed by atoms with Crippen molar-refractivity contribution in [3.8, 4) is 11.1 Å². The molecule has 0 unspecified atom stereocenters. The van der Waals surface area contributed by atoms with Gasteiger partial charge in [-0.25, -0.2) is 9.29 Å². The van der Waals surface area contributed by atoms with Crippen LogP contribution in [0.1, 0.15) is 16.1 Å². The molecule has 3 aromatic rings. The number of carbonyl (C=O) groups is 1. The lowest BCUT2D eigenvalue weighted by Gasteiger charge is -2.33. The van der Waals surface area contributed by atoms with Crippen LogP contribution in [0, 0.1) is 0 Å². The first-order valence-electron chi connectivity index (χ1n) is 9.25. The number of rotatable bonds is 4.